The van der Waals surface area contributed by atoms with E-state index in [0.717, 1.165) is 43.9 Å². The number of rotatable bonds is 7. The fourth-order valence-corrected chi connectivity index (χ4v) is 5.14. The van der Waals surface area contributed by atoms with Crippen LogP contribution in [-0.4, -0.2) is 53.8 Å². The van der Waals surface area contributed by atoms with Crippen LogP contribution in [0.2, 0.25) is 0 Å². The smallest absolute Gasteiger partial charge is 0.336 e. The van der Waals surface area contributed by atoms with Gasteiger partial charge >= 0.3 is 22.5 Å². The van der Waals surface area contributed by atoms with Crippen molar-refractivity contribution in [1.29, 1.82) is 0 Å². The Labute approximate surface area is 242 Å². The third-order valence-corrected chi connectivity index (χ3v) is 7.09. The molecule has 0 saturated carbocycles. The number of hydrogen-bond donors (Lipinski definition) is 0. The SMILES string of the molecule is CCOCCn1c(N2CCN(Cc3ccccc3)CC2)nc2c3oc(=O)ccc(=O)oc3c3oc(=O)ccc(=O)oc3c21. The summed E-state index contributed by atoms with van der Waals surface area (Å²) in [5, 5.41) is 0. The monoisotopic (exact) mass is 588 g/mol. The first-order chi connectivity index (χ1) is 20.9. The van der Waals surface area contributed by atoms with E-state index in [4.69, 9.17) is 27.4 Å². The molecule has 0 bridgehead atoms. The van der Waals surface area contributed by atoms with Gasteiger partial charge in [-0.05, 0) is 12.5 Å². The molecule has 13 nitrogen and oxygen atoms in total. The van der Waals surface area contributed by atoms with Crippen LogP contribution in [0.5, 0.6) is 0 Å². The number of fused-ring (bicyclic) bond motifs is 6. The van der Waals surface area contributed by atoms with E-state index in [0.29, 0.717) is 25.6 Å². The molecular formula is C30H28N4O9. The van der Waals surface area contributed by atoms with Gasteiger partial charge in [0.2, 0.25) is 28.3 Å². The van der Waals surface area contributed by atoms with Crippen molar-refractivity contribution in [2.45, 2.75) is 20.0 Å². The third kappa shape index (κ3) is 5.85. The summed E-state index contributed by atoms with van der Waals surface area (Å²) in [5.41, 5.74) is -3.32. The molecule has 0 atom stereocenters. The Morgan fingerprint density at radius 2 is 1.28 bits per heavy atom. The van der Waals surface area contributed by atoms with Crippen LogP contribution in [0.4, 0.5) is 5.95 Å². The predicted octanol–water partition coefficient (Wildman–Crippen LogP) is 2.64. The van der Waals surface area contributed by atoms with Gasteiger partial charge in [-0.15, -0.1) is 0 Å². The van der Waals surface area contributed by atoms with Gasteiger partial charge in [-0.25, -0.2) is 24.2 Å². The first-order valence-corrected chi connectivity index (χ1v) is 13.8. The molecule has 6 rings (SSSR count). The van der Waals surface area contributed by atoms with E-state index in [2.05, 4.69) is 21.9 Å². The van der Waals surface area contributed by atoms with E-state index in [1.165, 1.54) is 5.56 Å². The molecule has 0 aliphatic carbocycles. The second-order valence-electron chi connectivity index (χ2n) is 9.87. The normalized spacial score (nSPS) is 14.0. The molecule has 3 aromatic heterocycles. The minimum atomic E-state index is -0.926. The standard InChI is InChI=1S/C30H28N4O9/c1-2-39-17-16-34-25-24(31-30(34)33-14-12-32(13-15-33)18-19-6-4-3-5-7-19)26-28(42-22(37)10-8-20(35)40-26)29-27(25)41-21(36)9-11-23(38)43-29/h3-11H,2,12-18H2,1H3. The maximum Gasteiger partial charge on any atom is 0.336 e. The lowest BCUT2D eigenvalue weighted by atomic mass is 10.2. The number of benzene rings is 2. The summed E-state index contributed by atoms with van der Waals surface area (Å²) in [5.74, 6) is 0.490. The van der Waals surface area contributed by atoms with Gasteiger partial charge in [0.15, 0.2) is 0 Å². The van der Waals surface area contributed by atoms with Gasteiger partial charge in [0.05, 0.1) is 6.61 Å². The van der Waals surface area contributed by atoms with Gasteiger partial charge in [0.25, 0.3) is 0 Å². The van der Waals surface area contributed by atoms with Crippen molar-refractivity contribution in [3.05, 3.63) is 102 Å². The average molecular weight is 589 g/mol. The molecule has 1 saturated heterocycles. The Morgan fingerprint density at radius 3 is 1.88 bits per heavy atom. The van der Waals surface area contributed by atoms with Crippen molar-refractivity contribution in [2.75, 3.05) is 44.3 Å². The quantitative estimate of drug-likeness (QED) is 0.257. The fraction of sp³-hybridized carbons (Fsp3) is 0.300. The van der Waals surface area contributed by atoms with Crippen LogP contribution in [0.15, 0.2) is 91.4 Å². The highest BCUT2D eigenvalue weighted by molar-refractivity contribution is 6.15. The Bertz CT molecular complexity index is 2080. The summed E-state index contributed by atoms with van der Waals surface area (Å²) < 4.78 is 29.6. The van der Waals surface area contributed by atoms with Gasteiger partial charge in [0.1, 0.15) is 11.0 Å². The first-order valence-electron chi connectivity index (χ1n) is 13.8. The lowest BCUT2D eigenvalue weighted by Crippen LogP contribution is -2.46. The molecule has 13 heteroatoms. The van der Waals surface area contributed by atoms with E-state index < -0.39 is 33.7 Å². The Balaban J connectivity index is 1.60. The van der Waals surface area contributed by atoms with Crippen molar-refractivity contribution < 1.29 is 22.4 Å². The highest BCUT2D eigenvalue weighted by Gasteiger charge is 2.28. The number of hydrogen-bond acceptors (Lipinski definition) is 12. The van der Waals surface area contributed by atoms with E-state index >= 15 is 0 Å². The fourth-order valence-electron chi connectivity index (χ4n) is 5.14. The molecule has 4 heterocycles. The zero-order chi connectivity index (χ0) is 29.9. The van der Waals surface area contributed by atoms with Crippen LogP contribution in [0, 0.1) is 0 Å². The summed E-state index contributed by atoms with van der Waals surface area (Å²) >= 11 is 0. The van der Waals surface area contributed by atoms with Crippen LogP contribution in [-0.2, 0) is 17.8 Å². The van der Waals surface area contributed by atoms with Crippen molar-refractivity contribution in [3.63, 3.8) is 0 Å². The minimum absolute atomic E-state index is 0.0804. The highest BCUT2D eigenvalue weighted by atomic mass is 16.5. The topological polar surface area (TPSA) is 154 Å². The Morgan fingerprint density at radius 1 is 0.721 bits per heavy atom. The van der Waals surface area contributed by atoms with Crippen LogP contribution in [0.1, 0.15) is 12.5 Å². The van der Waals surface area contributed by atoms with Crippen LogP contribution in [0.3, 0.4) is 0 Å². The summed E-state index contributed by atoms with van der Waals surface area (Å²) in [6.07, 6.45) is 0. The zero-order valence-corrected chi connectivity index (χ0v) is 23.3. The molecule has 43 heavy (non-hydrogen) atoms. The number of imidazole rings is 1. The molecule has 0 N–H and O–H groups in total. The maximum absolute atomic E-state index is 12.7. The number of aromatic nitrogens is 2. The van der Waals surface area contributed by atoms with Gasteiger partial charge < -0.3 is 31.9 Å². The number of piperazine rings is 1. The number of ether oxygens (including phenoxy) is 1. The van der Waals surface area contributed by atoms with E-state index in [1.54, 1.807) is 4.57 Å². The lowest BCUT2D eigenvalue weighted by molar-refractivity contribution is 0.140. The summed E-state index contributed by atoms with van der Waals surface area (Å²) in [4.78, 5) is 59.5. The number of nitrogens with zero attached hydrogens (tertiary/aromatic N) is 4. The largest absolute Gasteiger partial charge is 0.417 e. The van der Waals surface area contributed by atoms with Crippen LogP contribution in [0.25, 0.3) is 33.4 Å². The Hall–Kier alpha value is -5.01. The molecule has 0 radical (unpaired) electrons. The Kier molecular flexibility index (Phi) is 7.90. The molecular weight excluding hydrogens is 560 g/mol. The van der Waals surface area contributed by atoms with Crippen molar-refractivity contribution in [2.24, 2.45) is 0 Å². The van der Waals surface area contributed by atoms with Crippen molar-refractivity contribution in [1.82, 2.24) is 14.5 Å². The maximum atomic E-state index is 12.7. The molecule has 1 aliphatic heterocycles. The van der Waals surface area contributed by atoms with Gasteiger partial charge in [-0.2, -0.15) is 0 Å². The van der Waals surface area contributed by atoms with E-state index in [-0.39, 0.29) is 35.4 Å². The van der Waals surface area contributed by atoms with Crippen LogP contribution >= 0.6 is 0 Å². The summed E-state index contributed by atoms with van der Waals surface area (Å²) in [6.45, 7) is 6.40. The second-order valence-corrected chi connectivity index (χ2v) is 9.87. The molecule has 1 aliphatic rings. The molecule has 222 valence electrons. The van der Waals surface area contributed by atoms with Crippen molar-refractivity contribution >= 4 is 39.3 Å². The number of anilines is 1. The highest BCUT2D eigenvalue weighted by Crippen LogP contribution is 2.35. The average Bonchev–Trinajstić information content (AvgIpc) is 3.37. The molecule has 5 aromatic rings. The lowest BCUT2D eigenvalue weighted by Gasteiger charge is -2.35. The van der Waals surface area contributed by atoms with Gasteiger partial charge in [-0.3, -0.25) is 4.90 Å². The molecule has 1 fully saturated rings. The minimum Gasteiger partial charge on any atom is -0.417 e. The van der Waals surface area contributed by atoms with Crippen molar-refractivity contribution in [3.8, 4) is 0 Å². The molecule has 2 aromatic carbocycles. The molecule has 0 amide bonds. The second kappa shape index (κ2) is 12.1. The molecule has 0 spiro atoms. The summed E-state index contributed by atoms with van der Waals surface area (Å²) in [6, 6.07) is 13.8. The van der Waals surface area contributed by atoms with Crippen LogP contribution < -0.4 is 27.4 Å². The zero-order valence-electron chi connectivity index (χ0n) is 23.3. The first kappa shape index (κ1) is 28.1. The van der Waals surface area contributed by atoms with Gasteiger partial charge in [-0.1, -0.05) is 30.3 Å². The third-order valence-electron chi connectivity index (χ3n) is 7.09. The molecule has 0 unspecified atom stereocenters. The van der Waals surface area contributed by atoms with Gasteiger partial charge in [0, 0.05) is 70.1 Å². The predicted molar refractivity (Wildman–Crippen MR) is 157 cm³/mol. The summed E-state index contributed by atoms with van der Waals surface area (Å²) in [7, 11) is 0. The van der Waals surface area contributed by atoms with E-state index in [9.17, 15) is 19.2 Å². The van der Waals surface area contributed by atoms with E-state index in [1.807, 2.05) is 25.1 Å².